The SMILES string of the molecule is COc1nc(N)c(C#N)c(Oc2ccc(NC(=O)Nc3cc(C(C)(C)C)nn3-c3ccccc3)c(F)c2)n1. The van der Waals surface area contributed by atoms with Crippen LogP contribution >= 0.6 is 0 Å². The van der Waals surface area contributed by atoms with Crippen LogP contribution in [0.5, 0.6) is 17.6 Å². The van der Waals surface area contributed by atoms with E-state index in [0.717, 1.165) is 17.4 Å². The smallest absolute Gasteiger partial charge is 0.324 e. The van der Waals surface area contributed by atoms with E-state index in [1.807, 2.05) is 57.2 Å². The Bertz CT molecular complexity index is 1520. The molecule has 0 saturated carbocycles. The predicted molar refractivity (Wildman–Crippen MR) is 139 cm³/mol. The molecule has 2 amide bonds. The zero-order valence-corrected chi connectivity index (χ0v) is 21.1. The third-order valence-corrected chi connectivity index (χ3v) is 5.30. The van der Waals surface area contributed by atoms with Crippen molar-refractivity contribution in [1.82, 2.24) is 19.7 Å². The van der Waals surface area contributed by atoms with E-state index in [9.17, 15) is 14.4 Å². The van der Waals surface area contributed by atoms with Gasteiger partial charge in [0.25, 0.3) is 0 Å². The lowest BCUT2D eigenvalue weighted by molar-refractivity contribution is 0.262. The van der Waals surface area contributed by atoms with E-state index < -0.39 is 11.8 Å². The first-order valence-electron chi connectivity index (χ1n) is 11.4. The molecule has 2 aromatic carbocycles. The van der Waals surface area contributed by atoms with Gasteiger partial charge in [0, 0.05) is 17.5 Å². The molecule has 0 fully saturated rings. The highest BCUT2D eigenvalue weighted by molar-refractivity contribution is 5.99. The minimum absolute atomic E-state index is 0.0158. The fraction of sp³-hybridized carbons (Fsp3) is 0.192. The van der Waals surface area contributed by atoms with Crippen molar-refractivity contribution in [3.05, 3.63) is 71.7 Å². The molecule has 2 heterocycles. The monoisotopic (exact) mass is 516 g/mol. The van der Waals surface area contributed by atoms with E-state index in [1.54, 1.807) is 10.7 Å². The number of carbonyl (C=O) groups excluding carboxylic acids is 1. The number of nitrogens with one attached hydrogen (secondary N) is 2. The standard InChI is InChI=1S/C26H25FN8O3/c1-26(2,3)20-13-21(35(34-20)15-8-6-5-7-9-15)31-24(36)30-19-11-10-16(12-18(19)27)38-23-17(14-28)22(29)32-25(33-23)37-4/h5-13H,1-4H3,(H2,29,32,33)(H2,30,31,36). The molecular formula is C26H25FN8O3. The van der Waals surface area contributed by atoms with Crippen LogP contribution in [0, 0.1) is 17.1 Å². The van der Waals surface area contributed by atoms with Gasteiger partial charge in [-0.1, -0.05) is 39.0 Å². The molecule has 4 rings (SSSR count). The quantitative estimate of drug-likeness (QED) is 0.324. The number of urea groups is 1. The number of nitrogen functional groups attached to an aromatic ring is 1. The first-order chi connectivity index (χ1) is 18.1. The third-order valence-electron chi connectivity index (χ3n) is 5.30. The number of methoxy groups -OCH3 is 1. The fourth-order valence-electron chi connectivity index (χ4n) is 3.35. The number of para-hydroxylation sites is 1. The van der Waals surface area contributed by atoms with Gasteiger partial charge in [-0.2, -0.15) is 20.3 Å². The summed E-state index contributed by atoms with van der Waals surface area (Å²) >= 11 is 0. The number of nitrogens with zero attached hydrogens (tertiary/aromatic N) is 5. The lowest BCUT2D eigenvalue weighted by Crippen LogP contribution is -2.22. The molecule has 38 heavy (non-hydrogen) atoms. The van der Waals surface area contributed by atoms with E-state index in [0.29, 0.717) is 5.82 Å². The van der Waals surface area contributed by atoms with Crippen molar-refractivity contribution < 1.29 is 18.7 Å². The largest absolute Gasteiger partial charge is 0.467 e. The van der Waals surface area contributed by atoms with Crippen LogP contribution in [-0.2, 0) is 5.41 Å². The van der Waals surface area contributed by atoms with Gasteiger partial charge in [-0.25, -0.2) is 13.9 Å². The number of aromatic nitrogens is 4. The van der Waals surface area contributed by atoms with Crippen LogP contribution in [0.1, 0.15) is 32.0 Å². The van der Waals surface area contributed by atoms with E-state index in [2.05, 4.69) is 25.7 Å². The van der Waals surface area contributed by atoms with Crippen LogP contribution in [-0.4, -0.2) is 32.9 Å². The van der Waals surface area contributed by atoms with Crippen molar-refractivity contribution in [2.24, 2.45) is 0 Å². The van der Waals surface area contributed by atoms with Crippen LogP contribution in [0.4, 0.5) is 26.5 Å². The summed E-state index contributed by atoms with van der Waals surface area (Å²) < 4.78 is 27.0. The van der Waals surface area contributed by atoms with E-state index in [1.165, 1.54) is 19.2 Å². The Morgan fingerprint density at radius 2 is 1.84 bits per heavy atom. The predicted octanol–water partition coefficient (Wildman–Crippen LogP) is 5.00. The van der Waals surface area contributed by atoms with Crippen LogP contribution in [0.25, 0.3) is 5.69 Å². The topological polar surface area (TPSA) is 153 Å². The minimum atomic E-state index is -0.780. The summed E-state index contributed by atoms with van der Waals surface area (Å²) in [5, 5.41) is 19.2. The lowest BCUT2D eigenvalue weighted by Gasteiger charge is -2.14. The Morgan fingerprint density at radius 3 is 2.47 bits per heavy atom. The maximum absolute atomic E-state index is 14.9. The summed E-state index contributed by atoms with van der Waals surface area (Å²) in [6.07, 6.45) is 0. The first kappa shape index (κ1) is 25.9. The van der Waals surface area contributed by atoms with Crippen LogP contribution in [0.2, 0.25) is 0 Å². The third kappa shape index (κ3) is 5.62. The van der Waals surface area contributed by atoms with Gasteiger partial charge in [-0.05, 0) is 24.3 Å². The Morgan fingerprint density at radius 1 is 1.11 bits per heavy atom. The van der Waals surface area contributed by atoms with Gasteiger partial charge >= 0.3 is 12.0 Å². The molecule has 0 unspecified atom stereocenters. The number of anilines is 3. The molecule has 0 atom stereocenters. The number of nitriles is 1. The number of nitrogens with two attached hydrogens (primary N) is 1. The summed E-state index contributed by atoms with van der Waals surface area (Å²) in [7, 11) is 1.33. The number of ether oxygens (including phenoxy) is 2. The lowest BCUT2D eigenvalue weighted by atomic mass is 9.92. The number of rotatable bonds is 6. The van der Waals surface area contributed by atoms with Gasteiger partial charge in [0.1, 0.15) is 23.5 Å². The molecule has 0 radical (unpaired) electrons. The Hall–Kier alpha value is -5.18. The van der Waals surface area contributed by atoms with E-state index >= 15 is 0 Å². The minimum Gasteiger partial charge on any atom is -0.467 e. The second kappa shape index (κ2) is 10.4. The number of carbonyl (C=O) groups is 1. The molecule has 194 valence electrons. The molecule has 0 aliphatic carbocycles. The highest BCUT2D eigenvalue weighted by Crippen LogP contribution is 2.30. The normalized spacial score (nSPS) is 10.9. The van der Waals surface area contributed by atoms with Crippen LogP contribution in [0.3, 0.4) is 0 Å². The summed E-state index contributed by atoms with van der Waals surface area (Å²) in [5.74, 6) is -0.690. The number of benzene rings is 2. The average Bonchev–Trinajstić information content (AvgIpc) is 3.30. The molecule has 12 heteroatoms. The number of hydrogen-bond donors (Lipinski definition) is 3. The van der Waals surface area contributed by atoms with Crippen molar-refractivity contribution in [3.63, 3.8) is 0 Å². The summed E-state index contributed by atoms with van der Waals surface area (Å²) in [4.78, 5) is 20.6. The number of hydrogen-bond acceptors (Lipinski definition) is 8. The van der Waals surface area contributed by atoms with Crippen LogP contribution in [0.15, 0.2) is 54.6 Å². The van der Waals surface area contributed by atoms with E-state index in [-0.39, 0.29) is 40.1 Å². The zero-order valence-electron chi connectivity index (χ0n) is 21.1. The fourth-order valence-corrected chi connectivity index (χ4v) is 3.35. The molecule has 0 aliphatic rings. The molecule has 0 bridgehead atoms. The molecule has 2 aromatic heterocycles. The summed E-state index contributed by atoms with van der Waals surface area (Å²) in [5.41, 5.74) is 6.77. The second-order valence-electron chi connectivity index (χ2n) is 9.12. The maximum Gasteiger partial charge on any atom is 0.324 e. The molecule has 4 aromatic rings. The number of amides is 2. The second-order valence-corrected chi connectivity index (χ2v) is 9.12. The molecule has 4 N–H and O–H groups in total. The van der Waals surface area contributed by atoms with Crippen LogP contribution < -0.4 is 25.8 Å². The highest BCUT2D eigenvalue weighted by Gasteiger charge is 2.22. The summed E-state index contributed by atoms with van der Waals surface area (Å²) in [6, 6.07) is 15.9. The maximum atomic E-state index is 14.9. The first-order valence-corrected chi connectivity index (χ1v) is 11.4. The molecule has 11 nitrogen and oxygen atoms in total. The Kier molecular flexibility index (Phi) is 7.11. The van der Waals surface area contributed by atoms with Gasteiger partial charge in [0.2, 0.25) is 5.88 Å². The highest BCUT2D eigenvalue weighted by atomic mass is 19.1. The van der Waals surface area contributed by atoms with Gasteiger partial charge in [-0.15, -0.1) is 0 Å². The van der Waals surface area contributed by atoms with Gasteiger partial charge in [-0.3, -0.25) is 5.32 Å². The van der Waals surface area contributed by atoms with Crippen molar-refractivity contribution >= 4 is 23.4 Å². The Balaban J connectivity index is 1.53. The molecule has 0 saturated heterocycles. The van der Waals surface area contributed by atoms with Gasteiger partial charge in [0.05, 0.1) is 24.2 Å². The van der Waals surface area contributed by atoms with Crippen molar-refractivity contribution in [2.75, 3.05) is 23.5 Å². The van der Waals surface area contributed by atoms with Gasteiger partial charge in [0.15, 0.2) is 11.4 Å². The van der Waals surface area contributed by atoms with E-state index in [4.69, 9.17) is 15.2 Å². The Labute approximate surface area is 218 Å². The zero-order chi connectivity index (χ0) is 27.4. The summed E-state index contributed by atoms with van der Waals surface area (Å²) in [6.45, 7) is 6.04. The molecule has 0 aliphatic heterocycles. The van der Waals surface area contributed by atoms with Gasteiger partial charge < -0.3 is 20.5 Å². The van der Waals surface area contributed by atoms with Crippen molar-refractivity contribution in [1.29, 1.82) is 5.26 Å². The van der Waals surface area contributed by atoms with Crippen molar-refractivity contribution in [2.45, 2.75) is 26.2 Å². The molecular weight excluding hydrogens is 491 g/mol. The average molecular weight is 517 g/mol. The van der Waals surface area contributed by atoms with Crippen molar-refractivity contribution in [3.8, 4) is 29.4 Å². The number of halogens is 1. The molecule has 0 spiro atoms.